The lowest BCUT2D eigenvalue weighted by atomic mass is 10.1. The third-order valence-electron chi connectivity index (χ3n) is 3.73. The van der Waals surface area contributed by atoms with Crippen molar-refractivity contribution in [1.82, 2.24) is 9.21 Å². The van der Waals surface area contributed by atoms with Crippen molar-refractivity contribution in [1.29, 1.82) is 0 Å². The lowest BCUT2D eigenvalue weighted by Crippen LogP contribution is -2.40. The molecule has 0 N–H and O–H groups in total. The zero-order valence-corrected chi connectivity index (χ0v) is 15.8. The topological polar surface area (TPSA) is 66.9 Å². The summed E-state index contributed by atoms with van der Waals surface area (Å²) in [5.74, 6) is -0.0556. The van der Waals surface area contributed by atoms with Crippen LogP contribution in [0, 0.1) is 0 Å². The van der Waals surface area contributed by atoms with Gasteiger partial charge in [0.2, 0.25) is 15.9 Å². The van der Waals surface area contributed by atoms with Crippen molar-refractivity contribution in [2.45, 2.75) is 32.9 Å². The minimum atomic E-state index is -3.36. The number of benzene rings is 1. The fourth-order valence-electron chi connectivity index (χ4n) is 2.34. The summed E-state index contributed by atoms with van der Waals surface area (Å²) >= 11 is 0. The Kier molecular flexibility index (Phi) is 8.38. The monoisotopic (exact) mass is 356 g/mol. The number of hydrogen-bond acceptors (Lipinski definition) is 4. The Labute approximate surface area is 145 Å². The van der Waals surface area contributed by atoms with Crippen LogP contribution in [-0.2, 0) is 26.1 Å². The smallest absolute Gasteiger partial charge is 0.224 e. The number of carbonyl (C=O) groups is 1. The SMILES string of the molecule is COCCN(CCC(=O)N(Cc1ccccc1)C(C)C)S(C)(=O)=O. The van der Waals surface area contributed by atoms with Crippen molar-refractivity contribution in [2.75, 3.05) is 33.1 Å². The van der Waals surface area contributed by atoms with Crippen LogP contribution in [0.3, 0.4) is 0 Å². The van der Waals surface area contributed by atoms with Gasteiger partial charge < -0.3 is 9.64 Å². The van der Waals surface area contributed by atoms with E-state index in [4.69, 9.17) is 4.74 Å². The number of nitrogens with zero attached hydrogens (tertiary/aromatic N) is 2. The molecule has 1 amide bonds. The van der Waals surface area contributed by atoms with Gasteiger partial charge >= 0.3 is 0 Å². The van der Waals surface area contributed by atoms with Crippen LogP contribution in [0.15, 0.2) is 30.3 Å². The van der Waals surface area contributed by atoms with E-state index in [-0.39, 0.29) is 31.5 Å². The van der Waals surface area contributed by atoms with Crippen molar-refractivity contribution in [2.24, 2.45) is 0 Å². The average molecular weight is 356 g/mol. The minimum absolute atomic E-state index is 0.0448. The van der Waals surface area contributed by atoms with E-state index in [1.807, 2.05) is 44.2 Å². The molecule has 0 aromatic heterocycles. The average Bonchev–Trinajstić information content (AvgIpc) is 2.51. The van der Waals surface area contributed by atoms with Crippen LogP contribution in [0.2, 0.25) is 0 Å². The van der Waals surface area contributed by atoms with E-state index in [9.17, 15) is 13.2 Å². The molecule has 0 aliphatic rings. The Hall–Kier alpha value is -1.44. The van der Waals surface area contributed by atoms with Gasteiger partial charge in [-0.25, -0.2) is 8.42 Å². The first-order chi connectivity index (χ1) is 11.3. The van der Waals surface area contributed by atoms with Crippen LogP contribution in [0.4, 0.5) is 0 Å². The van der Waals surface area contributed by atoms with E-state index in [0.717, 1.165) is 11.8 Å². The number of ether oxygens (including phenoxy) is 1. The van der Waals surface area contributed by atoms with Gasteiger partial charge in [0, 0.05) is 39.2 Å². The van der Waals surface area contributed by atoms with Crippen molar-refractivity contribution in [3.8, 4) is 0 Å². The summed E-state index contributed by atoms with van der Waals surface area (Å²) in [6, 6.07) is 9.81. The molecule has 0 fully saturated rings. The largest absolute Gasteiger partial charge is 0.383 e. The Morgan fingerprint density at radius 2 is 1.79 bits per heavy atom. The molecule has 1 aromatic rings. The van der Waals surface area contributed by atoms with Crippen LogP contribution in [0.5, 0.6) is 0 Å². The maximum atomic E-state index is 12.6. The van der Waals surface area contributed by atoms with Crippen LogP contribution >= 0.6 is 0 Å². The van der Waals surface area contributed by atoms with Crippen LogP contribution in [0.1, 0.15) is 25.8 Å². The van der Waals surface area contributed by atoms with Gasteiger partial charge in [-0.15, -0.1) is 0 Å². The first-order valence-electron chi connectivity index (χ1n) is 8.03. The van der Waals surface area contributed by atoms with Gasteiger partial charge in [-0.2, -0.15) is 4.31 Å². The maximum Gasteiger partial charge on any atom is 0.224 e. The highest BCUT2D eigenvalue weighted by molar-refractivity contribution is 7.88. The number of methoxy groups -OCH3 is 1. The number of sulfonamides is 1. The number of carbonyl (C=O) groups excluding carboxylic acids is 1. The number of hydrogen-bond donors (Lipinski definition) is 0. The Morgan fingerprint density at radius 1 is 1.17 bits per heavy atom. The molecule has 0 atom stereocenters. The third-order valence-corrected chi connectivity index (χ3v) is 5.03. The first kappa shape index (κ1) is 20.6. The summed E-state index contributed by atoms with van der Waals surface area (Å²) in [6.45, 7) is 5.16. The summed E-state index contributed by atoms with van der Waals surface area (Å²) < 4.78 is 29.8. The predicted molar refractivity (Wildman–Crippen MR) is 95.0 cm³/mol. The second-order valence-corrected chi connectivity index (χ2v) is 7.99. The normalized spacial score (nSPS) is 11.9. The molecule has 0 heterocycles. The quantitative estimate of drug-likeness (QED) is 0.640. The summed E-state index contributed by atoms with van der Waals surface area (Å²) in [5.41, 5.74) is 1.05. The molecule has 0 bridgehead atoms. The van der Waals surface area contributed by atoms with Gasteiger partial charge in [0.25, 0.3) is 0 Å². The molecule has 0 aliphatic heterocycles. The molecule has 1 rings (SSSR count). The predicted octanol–water partition coefficient (Wildman–Crippen LogP) is 1.72. The van der Waals surface area contributed by atoms with Crippen molar-refractivity contribution in [3.63, 3.8) is 0 Å². The maximum absolute atomic E-state index is 12.6. The van der Waals surface area contributed by atoms with E-state index in [2.05, 4.69) is 0 Å². The Bertz CT molecular complexity index is 602. The van der Waals surface area contributed by atoms with E-state index < -0.39 is 10.0 Å². The molecule has 0 aliphatic carbocycles. The Balaban J connectivity index is 2.70. The molecular weight excluding hydrogens is 328 g/mol. The molecule has 1 aromatic carbocycles. The lowest BCUT2D eigenvalue weighted by molar-refractivity contribution is -0.133. The summed E-state index contributed by atoms with van der Waals surface area (Å²) in [7, 11) is -1.84. The molecular formula is C17H28N2O4S. The molecule has 136 valence electrons. The summed E-state index contributed by atoms with van der Waals surface area (Å²) in [5, 5.41) is 0. The Morgan fingerprint density at radius 3 is 2.29 bits per heavy atom. The van der Waals surface area contributed by atoms with Crippen molar-refractivity contribution >= 4 is 15.9 Å². The third kappa shape index (κ3) is 6.98. The first-order valence-corrected chi connectivity index (χ1v) is 9.88. The minimum Gasteiger partial charge on any atom is -0.383 e. The summed E-state index contributed by atoms with van der Waals surface area (Å²) in [4.78, 5) is 14.3. The van der Waals surface area contributed by atoms with Crippen molar-refractivity contribution in [3.05, 3.63) is 35.9 Å². The van der Waals surface area contributed by atoms with E-state index in [1.54, 1.807) is 4.90 Å². The van der Waals surface area contributed by atoms with Gasteiger partial charge in [0.1, 0.15) is 0 Å². The molecule has 0 spiro atoms. The molecule has 0 radical (unpaired) electrons. The van der Waals surface area contributed by atoms with Gasteiger partial charge in [0.05, 0.1) is 12.9 Å². The standard InChI is InChI=1S/C17H28N2O4S/c1-15(2)19(14-16-8-6-5-7-9-16)17(20)10-11-18(12-13-23-3)24(4,21)22/h5-9,15H,10-14H2,1-4H3. The number of rotatable bonds is 10. The zero-order chi connectivity index (χ0) is 18.2. The van der Waals surface area contributed by atoms with Gasteiger partial charge in [0.15, 0.2) is 0 Å². The highest BCUT2D eigenvalue weighted by Gasteiger charge is 2.21. The second-order valence-electron chi connectivity index (χ2n) is 6.01. The van der Waals surface area contributed by atoms with Gasteiger partial charge in [-0.1, -0.05) is 30.3 Å². The van der Waals surface area contributed by atoms with Gasteiger partial charge in [-0.05, 0) is 19.4 Å². The van der Waals surface area contributed by atoms with Crippen LogP contribution in [-0.4, -0.2) is 62.6 Å². The lowest BCUT2D eigenvalue weighted by Gasteiger charge is -2.28. The molecule has 0 unspecified atom stereocenters. The van der Waals surface area contributed by atoms with E-state index >= 15 is 0 Å². The van der Waals surface area contributed by atoms with Crippen LogP contribution < -0.4 is 0 Å². The fourth-order valence-corrected chi connectivity index (χ4v) is 3.17. The molecule has 0 saturated carbocycles. The molecule has 24 heavy (non-hydrogen) atoms. The molecule has 7 heteroatoms. The fraction of sp³-hybridized carbons (Fsp3) is 0.588. The summed E-state index contributed by atoms with van der Waals surface area (Å²) in [6.07, 6.45) is 1.30. The van der Waals surface area contributed by atoms with Crippen LogP contribution in [0.25, 0.3) is 0 Å². The van der Waals surface area contributed by atoms with E-state index in [0.29, 0.717) is 13.2 Å². The zero-order valence-electron chi connectivity index (χ0n) is 14.9. The van der Waals surface area contributed by atoms with Crippen molar-refractivity contribution < 1.29 is 17.9 Å². The molecule has 6 nitrogen and oxygen atoms in total. The van der Waals surface area contributed by atoms with Gasteiger partial charge in [-0.3, -0.25) is 4.79 Å². The highest BCUT2D eigenvalue weighted by atomic mass is 32.2. The molecule has 0 saturated heterocycles. The second kappa shape index (κ2) is 9.76. The van der Waals surface area contributed by atoms with E-state index in [1.165, 1.54) is 11.4 Å². The highest BCUT2D eigenvalue weighted by Crippen LogP contribution is 2.11. The number of amides is 1.